The third-order valence-electron chi connectivity index (χ3n) is 8.72. The molecule has 0 unspecified atom stereocenters. The normalized spacial score (nSPS) is 16.3. The van der Waals surface area contributed by atoms with E-state index in [1.54, 1.807) is 59.5 Å². The molecule has 51 heavy (non-hydrogen) atoms. The van der Waals surface area contributed by atoms with Crippen molar-refractivity contribution < 1.29 is 28.3 Å². The number of hydrogen-bond acceptors (Lipinski definition) is 8. The number of hydrogen-bond donors (Lipinski definition) is 2. The number of nitrogens with one attached hydrogen (secondary N) is 1. The SMILES string of the molecule is NCCCC[C@H](NC(=O)[C@H]1CN(C(=O)Cc2cccc(Oc3ccc(Cl)cc3)c2)C[C@@H]1OCc1ccc(Cl)cc1)C(=O)c1nc2ccccc2o1. The van der Waals surface area contributed by atoms with E-state index in [0.29, 0.717) is 58.5 Å². The molecule has 1 aromatic heterocycles. The number of carbonyl (C=O) groups excluding carboxylic acids is 3. The number of unbranched alkanes of at least 4 members (excludes halogenated alkanes) is 1. The van der Waals surface area contributed by atoms with Crippen LogP contribution in [-0.4, -0.2) is 59.3 Å². The van der Waals surface area contributed by atoms with Crippen LogP contribution in [0.3, 0.4) is 0 Å². The second-order valence-electron chi connectivity index (χ2n) is 12.5. The molecule has 2 heterocycles. The number of rotatable bonds is 15. The summed E-state index contributed by atoms with van der Waals surface area (Å²) in [5.74, 6) is -0.614. The molecular weight excluding hydrogens is 691 g/mol. The van der Waals surface area contributed by atoms with E-state index in [1.807, 2.05) is 42.5 Å². The smallest absolute Gasteiger partial charge is 0.266 e. The first-order valence-electron chi connectivity index (χ1n) is 16.8. The number of oxazole rings is 1. The fraction of sp³-hybridized carbons (Fsp3) is 0.282. The van der Waals surface area contributed by atoms with Crippen molar-refractivity contribution in [2.75, 3.05) is 19.6 Å². The molecule has 0 aliphatic carbocycles. The van der Waals surface area contributed by atoms with Gasteiger partial charge in [-0.25, -0.2) is 4.98 Å². The molecule has 2 amide bonds. The first-order valence-corrected chi connectivity index (χ1v) is 17.6. The van der Waals surface area contributed by atoms with Gasteiger partial charge in [0.05, 0.1) is 31.1 Å². The number of amides is 2. The van der Waals surface area contributed by atoms with Gasteiger partial charge in [0, 0.05) is 23.1 Å². The molecule has 4 aromatic carbocycles. The number of aromatic nitrogens is 1. The topological polar surface area (TPSA) is 137 Å². The molecule has 0 saturated carbocycles. The van der Waals surface area contributed by atoms with Gasteiger partial charge < -0.3 is 29.8 Å². The van der Waals surface area contributed by atoms with Crippen LogP contribution in [0.25, 0.3) is 11.1 Å². The van der Waals surface area contributed by atoms with Crippen molar-refractivity contribution in [3.63, 3.8) is 0 Å². The Labute approximate surface area is 305 Å². The molecule has 1 fully saturated rings. The number of benzene rings is 4. The zero-order valence-corrected chi connectivity index (χ0v) is 29.3. The summed E-state index contributed by atoms with van der Waals surface area (Å²) in [4.78, 5) is 47.4. The van der Waals surface area contributed by atoms with Crippen LogP contribution in [0.4, 0.5) is 0 Å². The van der Waals surface area contributed by atoms with Gasteiger partial charge in [0.25, 0.3) is 5.89 Å². The van der Waals surface area contributed by atoms with Gasteiger partial charge in [-0.05, 0) is 97.6 Å². The lowest BCUT2D eigenvalue weighted by molar-refractivity contribution is -0.130. The lowest BCUT2D eigenvalue weighted by Crippen LogP contribution is -2.47. The van der Waals surface area contributed by atoms with Crippen molar-refractivity contribution in [3.8, 4) is 11.5 Å². The highest BCUT2D eigenvalue weighted by Crippen LogP contribution is 2.27. The molecule has 3 N–H and O–H groups in total. The molecule has 0 radical (unpaired) electrons. The van der Waals surface area contributed by atoms with E-state index < -0.39 is 29.8 Å². The van der Waals surface area contributed by atoms with Crippen molar-refractivity contribution in [2.24, 2.45) is 11.7 Å². The van der Waals surface area contributed by atoms with Crippen LogP contribution in [0.2, 0.25) is 10.0 Å². The van der Waals surface area contributed by atoms with Gasteiger partial charge in [0.1, 0.15) is 17.0 Å². The van der Waals surface area contributed by atoms with Gasteiger partial charge in [0.2, 0.25) is 17.6 Å². The minimum absolute atomic E-state index is 0.0738. The van der Waals surface area contributed by atoms with E-state index in [4.69, 9.17) is 42.8 Å². The summed E-state index contributed by atoms with van der Waals surface area (Å²) in [5, 5.41) is 4.15. The zero-order chi connectivity index (χ0) is 35.7. The number of para-hydroxylation sites is 2. The molecule has 3 atom stereocenters. The van der Waals surface area contributed by atoms with Crippen molar-refractivity contribution in [1.82, 2.24) is 15.2 Å². The molecule has 6 rings (SSSR count). The number of ether oxygens (including phenoxy) is 2. The number of likely N-dealkylation sites (tertiary alicyclic amines) is 1. The van der Waals surface area contributed by atoms with Crippen LogP contribution < -0.4 is 15.8 Å². The third kappa shape index (κ3) is 9.53. The van der Waals surface area contributed by atoms with E-state index in [1.165, 1.54) is 0 Å². The molecule has 0 spiro atoms. The Balaban J connectivity index is 1.17. The van der Waals surface area contributed by atoms with Gasteiger partial charge in [0.15, 0.2) is 5.58 Å². The van der Waals surface area contributed by atoms with Gasteiger partial charge in [-0.2, -0.15) is 0 Å². The number of ketones is 1. The van der Waals surface area contributed by atoms with Crippen molar-refractivity contribution in [2.45, 2.75) is 44.4 Å². The first-order chi connectivity index (χ1) is 24.7. The van der Waals surface area contributed by atoms with E-state index in [-0.39, 0.29) is 37.9 Å². The van der Waals surface area contributed by atoms with Crippen molar-refractivity contribution >= 4 is 51.9 Å². The van der Waals surface area contributed by atoms with Crippen LogP contribution in [0.1, 0.15) is 41.1 Å². The second kappa shape index (κ2) is 17.0. The lowest BCUT2D eigenvalue weighted by atomic mass is 10.0. The Hall–Kier alpha value is -4.74. The maximum absolute atomic E-state index is 14.0. The van der Waals surface area contributed by atoms with Crippen molar-refractivity contribution in [1.29, 1.82) is 0 Å². The lowest BCUT2D eigenvalue weighted by Gasteiger charge is -2.22. The minimum Gasteiger partial charge on any atom is -0.457 e. The summed E-state index contributed by atoms with van der Waals surface area (Å²) in [6.45, 7) is 0.972. The van der Waals surface area contributed by atoms with Gasteiger partial charge in [-0.3, -0.25) is 14.4 Å². The number of nitrogens with two attached hydrogens (primary N) is 1. The summed E-state index contributed by atoms with van der Waals surface area (Å²) >= 11 is 12.1. The Morgan fingerprint density at radius 2 is 1.63 bits per heavy atom. The quantitative estimate of drug-likeness (QED) is 0.0868. The van der Waals surface area contributed by atoms with Crippen LogP contribution in [-0.2, 0) is 27.4 Å². The highest BCUT2D eigenvalue weighted by Gasteiger charge is 2.41. The van der Waals surface area contributed by atoms with Gasteiger partial charge in [-0.15, -0.1) is 0 Å². The molecule has 10 nitrogen and oxygen atoms in total. The van der Waals surface area contributed by atoms with Crippen molar-refractivity contribution in [3.05, 3.63) is 124 Å². The third-order valence-corrected chi connectivity index (χ3v) is 9.22. The summed E-state index contributed by atoms with van der Waals surface area (Å²) in [5.41, 5.74) is 8.38. The molecule has 264 valence electrons. The molecule has 1 saturated heterocycles. The number of carbonyl (C=O) groups is 3. The Morgan fingerprint density at radius 3 is 2.37 bits per heavy atom. The predicted octanol–water partition coefficient (Wildman–Crippen LogP) is 7.01. The predicted molar refractivity (Wildman–Crippen MR) is 195 cm³/mol. The summed E-state index contributed by atoms with van der Waals surface area (Å²) < 4.78 is 18.0. The number of nitrogens with zero attached hydrogens (tertiary/aromatic N) is 2. The van der Waals surface area contributed by atoms with Crippen LogP contribution in [0.15, 0.2) is 101 Å². The molecule has 1 aliphatic rings. The van der Waals surface area contributed by atoms with E-state index in [0.717, 1.165) is 11.1 Å². The molecule has 1 aliphatic heterocycles. The van der Waals surface area contributed by atoms with E-state index in [9.17, 15) is 14.4 Å². The summed E-state index contributed by atoms with van der Waals surface area (Å²) in [6, 6.07) is 27.7. The Morgan fingerprint density at radius 1 is 0.882 bits per heavy atom. The average Bonchev–Trinajstić information content (AvgIpc) is 3.77. The maximum Gasteiger partial charge on any atom is 0.266 e. The zero-order valence-electron chi connectivity index (χ0n) is 27.8. The largest absolute Gasteiger partial charge is 0.457 e. The average molecular weight is 730 g/mol. The van der Waals surface area contributed by atoms with Crippen LogP contribution in [0, 0.1) is 5.92 Å². The standard InChI is InChI=1S/C39H38Cl2N4O6/c40-27-13-11-25(12-14-27)24-49-35-23-45(36(46)21-26-6-5-7-30(20-26)50-29-17-15-28(41)16-18-29)22-31(35)38(48)43-33(9-3-4-19-42)37(47)39-44-32-8-1-2-10-34(32)51-39/h1-2,5-8,10-18,20,31,33,35H,3-4,9,19,21-24,42H2,(H,43,48)/t31-,33-,35-/m0/s1. The monoisotopic (exact) mass is 728 g/mol. The minimum atomic E-state index is -0.901. The first kappa shape index (κ1) is 36.1. The highest BCUT2D eigenvalue weighted by atomic mass is 35.5. The molecular formula is C39H38Cl2N4O6. The second-order valence-corrected chi connectivity index (χ2v) is 13.3. The maximum atomic E-state index is 14.0. The van der Waals surface area contributed by atoms with Gasteiger partial charge in [-0.1, -0.05) is 59.6 Å². The Kier molecular flexibility index (Phi) is 12.0. The fourth-order valence-electron chi connectivity index (χ4n) is 5.99. The van der Waals surface area contributed by atoms with Gasteiger partial charge >= 0.3 is 0 Å². The molecule has 12 heteroatoms. The highest BCUT2D eigenvalue weighted by molar-refractivity contribution is 6.30. The number of Topliss-reactive ketones (excluding diaryl/α,β-unsaturated/α-hetero) is 1. The summed E-state index contributed by atoms with van der Waals surface area (Å²) in [7, 11) is 0. The van der Waals surface area contributed by atoms with Crippen LogP contribution in [0.5, 0.6) is 11.5 Å². The van der Waals surface area contributed by atoms with Crippen LogP contribution >= 0.6 is 23.2 Å². The summed E-state index contributed by atoms with van der Waals surface area (Å²) in [6.07, 6.45) is 1.10. The fourth-order valence-corrected chi connectivity index (χ4v) is 6.25. The molecule has 5 aromatic rings. The number of fused-ring (bicyclic) bond motifs is 1. The van der Waals surface area contributed by atoms with E-state index in [2.05, 4.69) is 10.3 Å². The number of halogens is 2. The van der Waals surface area contributed by atoms with E-state index >= 15 is 0 Å². The Bertz CT molecular complexity index is 1930. The molecule has 0 bridgehead atoms.